The van der Waals surface area contributed by atoms with Crippen molar-refractivity contribution >= 4 is 21.7 Å². The number of nitrogens with one attached hydrogen (secondary N) is 1. The van der Waals surface area contributed by atoms with E-state index in [-0.39, 0.29) is 5.75 Å². The minimum absolute atomic E-state index is 0.130. The summed E-state index contributed by atoms with van der Waals surface area (Å²) in [4.78, 5) is 8.66. The standard InChI is InChI=1S/C14H15BrFN3O/c1-4-12-18-13(17-3)8(2)14(19-12)20-11-7-9(15)5-6-10(11)16/h5-7H,4H2,1-3H3,(H,17,18,19). The van der Waals surface area contributed by atoms with Crippen LogP contribution >= 0.6 is 15.9 Å². The molecule has 20 heavy (non-hydrogen) atoms. The van der Waals surface area contributed by atoms with Gasteiger partial charge in [-0.05, 0) is 25.1 Å². The maximum atomic E-state index is 13.7. The van der Waals surface area contributed by atoms with Gasteiger partial charge in [-0.3, -0.25) is 0 Å². The summed E-state index contributed by atoms with van der Waals surface area (Å²) in [6.45, 7) is 3.78. The molecule has 0 amide bonds. The normalized spacial score (nSPS) is 10.4. The number of benzene rings is 1. The van der Waals surface area contributed by atoms with E-state index < -0.39 is 5.82 Å². The highest BCUT2D eigenvalue weighted by molar-refractivity contribution is 9.10. The van der Waals surface area contributed by atoms with Gasteiger partial charge in [0.15, 0.2) is 11.6 Å². The summed E-state index contributed by atoms with van der Waals surface area (Å²) in [6.07, 6.45) is 0.673. The molecule has 106 valence electrons. The summed E-state index contributed by atoms with van der Waals surface area (Å²) >= 11 is 3.29. The minimum atomic E-state index is -0.435. The lowest BCUT2D eigenvalue weighted by molar-refractivity contribution is 0.421. The van der Waals surface area contributed by atoms with E-state index in [0.717, 1.165) is 10.0 Å². The number of hydrogen-bond acceptors (Lipinski definition) is 4. The first kappa shape index (κ1) is 14.7. The lowest BCUT2D eigenvalue weighted by atomic mass is 10.3. The Morgan fingerprint density at radius 1 is 1.35 bits per heavy atom. The molecule has 0 fully saturated rings. The summed E-state index contributed by atoms with van der Waals surface area (Å²) in [6, 6.07) is 4.53. The predicted octanol–water partition coefficient (Wildman–Crippen LogP) is 4.08. The molecule has 4 nitrogen and oxygen atoms in total. The molecule has 1 N–H and O–H groups in total. The Labute approximate surface area is 125 Å². The van der Waals surface area contributed by atoms with E-state index in [0.29, 0.717) is 23.9 Å². The van der Waals surface area contributed by atoms with Crippen LogP contribution in [0.3, 0.4) is 0 Å². The predicted molar refractivity (Wildman–Crippen MR) is 79.9 cm³/mol. The van der Waals surface area contributed by atoms with Crippen molar-refractivity contribution in [2.45, 2.75) is 20.3 Å². The molecule has 1 heterocycles. The Bertz CT molecular complexity index is 634. The Hall–Kier alpha value is -1.69. The fourth-order valence-corrected chi connectivity index (χ4v) is 2.04. The highest BCUT2D eigenvalue weighted by Crippen LogP contribution is 2.30. The molecule has 0 bridgehead atoms. The van der Waals surface area contributed by atoms with Crippen molar-refractivity contribution in [3.8, 4) is 11.6 Å². The lowest BCUT2D eigenvalue weighted by Gasteiger charge is -2.13. The summed E-state index contributed by atoms with van der Waals surface area (Å²) in [5.41, 5.74) is 0.740. The number of anilines is 1. The van der Waals surface area contributed by atoms with Crippen LogP contribution in [0, 0.1) is 12.7 Å². The van der Waals surface area contributed by atoms with E-state index in [4.69, 9.17) is 4.74 Å². The first-order chi connectivity index (χ1) is 9.55. The molecular formula is C14H15BrFN3O. The molecule has 1 aromatic heterocycles. The highest BCUT2D eigenvalue weighted by Gasteiger charge is 2.13. The number of rotatable bonds is 4. The number of hydrogen-bond donors (Lipinski definition) is 1. The van der Waals surface area contributed by atoms with Crippen molar-refractivity contribution < 1.29 is 9.13 Å². The van der Waals surface area contributed by atoms with Crippen LogP contribution < -0.4 is 10.1 Å². The fourth-order valence-electron chi connectivity index (χ4n) is 1.70. The Balaban J connectivity index is 2.44. The van der Waals surface area contributed by atoms with E-state index in [9.17, 15) is 4.39 Å². The van der Waals surface area contributed by atoms with Gasteiger partial charge in [-0.15, -0.1) is 0 Å². The summed E-state index contributed by atoms with van der Waals surface area (Å²) in [5, 5.41) is 2.99. The largest absolute Gasteiger partial charge is 0.435 e. The smallest absolute Gasteiger partial charge is 0.227 e. The second-order valence-electron chi connectivity index (χ2n) is 4.20. The van der Waals surface area contributed by atoms with E-state index in [1.165, 1.54) is 6.07 Å². The maximum Gasteiger partial charge on any atom is 0.227 e. The van der Waals surface area contributed by atoms with Crippen LogP contribution in [-0.2, 0) is 6.42 Å². The van der Waals surface area contributed by atoms with Crippen molar-refractivity contribution in [1.82, 2.24) is 9.97 Å². The third kappa shape index (κ3) is 3.07. The van der Waals surface area contributed by atoms with Gasteiger partial charge in [-0.1, -0.05) is 22.9 Å². The van der Waals surface area contributed by atoms with Crippen molar-refractivity contribution in [1.29, 1.82) is 0 Å². The minimum Gasteiger partial charge on any atom is -0.435 e. The Kier molecular flexibility index (Phi) is 4.54. The highest BCUT2D eigenvalue weighted by atomic mass is 79.9. The number of halogens is 2. The number of aryl methyl sites for hydroxylation is 1. The van der Waals surface area contributed by atoms with Gasteiger partial charge >= 0.3 is 0 Å². The van der Waals surface area contributed by atoms with E-state index in [2.05, 4.69) is 31.2 Å². The zero-order valence-corrected chi connectivity index (χ0v) is 13.1. The van der Waals surface area contributed by atoms with Gasteiger partial charge in [0, 0.05) is 17.9 Å². The van der Waals surface area contributed by atoms with Crippen molar-refractivity contribution in [3.05, 3.63) is 39.9 Å². The summed E-state index contributed by atoms with van der Waals surface area (Å²) < 4.78 is 20.1. The molecule has 0 atom stereocenters. The molecule has 0 aliphatic carbocycles. The number of nitrogens with zero attached hydrogens (tertiary/aromatic N) is 2. The molecule has 1 aromatic carbocycles. The van der Waals surface area contributed by atoms with Gasteiger partial charge in [0.05, 0.1) is 5.56 Å². The van der Waals surface area contributed by atoms with Gasteiger partial charge in [0.1, 0.15) is 11.6 Å². The zero-order chi connectivity index (χ0) is 14.7. The van der Waals surface area contributed by atoms with Gasteiger partial charge in [0.2, 0.25) is 5.88 Å². The lowest BCUT2D eigenvalue weighted by Crippen LogP contribution is -2.05. The van der Waals surface area contributed by atoms with Crippen molar-refractivity contribution in [2.24, 2.45) is 0 Å². The maximum absolute atomic E-state index is 13.7. The third-order valence-electron chi connectivity index (χ3n) is 2.80. The Morgan fingerprint density at radius 3 is 2.75 bits per heavy atom. The molecule has 0 saturated heterocycles. The quantitative estimate of drug-likeness (QED) is 0.911. The molecule has 0 unspecified atom stereocenters. The van der Waals surface area contributed by atoms with E-state index >= 15 is 0 Å². The molecule has 0 saturated carbocycles. The van der Waals surface area contributed by atoms with Gasteiger partial charge in [-0.25, -0.2) is 9.37 Å². The van der Waals surface area contributed by atoms with E-state index in [1.807, 2.05) is 13.8 Å². The first-order valence-corrected chi connectivity index (χ1v) is 7.02. The molecule has 0 spiro atoms. The van der Waals surface area contributed by atoms with Crippen molar-refractivity contribution in [3.63, 3.8) is 0 Å². The molecule has 2 aromatic rings. The molecule has 0 aliphatic heterocycles. The summed E-state index contributed by atoms with van der Waals surface area (Å²) in [7, 11) is 1.78. The van der Waals surface area contributed by atoms with Crippen LogP contribution in [0.5, 0.6) is 11.6 Å². The fraction of sp³-hybridized carbons (Fsp3) is 0.286. The van der Waals surface area contributed by atoms with Crippen LogP contribution in [0.15, 0.2) is 22.7 Å². The SMILES string of the molecule is CCc1nc(NC)c(C)c(Oc2cc(Br)ccc2F)n1. The van der Waals surface area contributed by atoms with Crippen molar-refractivity contribution in [2.75, 3.05) is 12.4 Å². The average molecular weight is 340 g/mol. The summed E-state index contributed by atoms with van der Waals surface area (Å²) in [5.74, 6) is 1.38. The number of ether oxygens (including phenoxy) is 1. The monoisotopic (exact) mass is 339 g/mol. The van der Waals surface area contributed by atoms with Crippen LogP contribution in [0.1, 0.15) is 18.3 Å². The third-order valence-corrected chi connectivity index (χ3v) is 3.29. The van der Waals surface area contributed by atoms with Crippen LogP contribution in [0.25, 0.3) is 0 Å². The molecule has 0 aliphatic rings. The second kappa shape index (κ2) is 6.17. The van der Waals surface area contributed by atoms with Crippen LogP contribution in [0.2, 0.25) is 0 Å². The Morgan fingerprint density at radius 2 is 2.10 bits per heavy atom. The zero-order valence-electron chi connectivity index (χ0n) is 11.5. The number of aromatic nitrogens is 2. The second-order valence-corrected chi connectivity index (χ2v) is 5.11. The molecule has 2 rings (SSSR count). The topological polar surface area (TPSA) is 47.0 Å². The first-order valence-electron chi connectivity index (χ1n) is 6.23. The molecular weight excluding hydrogens is 325 g/mol. The van der Waals surface area contributed by atoms with Gasteiger partial charge in [-0.2, -0.15) is 4.98 Å². The van der Waals surface area contributed by atoms with Gasteiger partial charge in [0.25, 0.3) is 0 Å². The van der Waals surface area contributed by atoms with Crippen LogP contribution in [0.4, 0.5) is 10.2 Å². The molecule has 6 heteroatoms. The molecule has 0 radical (unpaired) electrons. The van der Waals surface area contributed by atoms with Gasteiger partial charge < -0.3 is 10.1 Å². The van der Waals surface area contributed by atoms with Crippen LogP contribution in [-0.4, -0.2) is 17.0 Å². The van der Waals surface area contributed by atoms with E-state index in [1.54, 1.807) is 19.2 Å². The average Bonchev–Trinajstić information content (AvgIpc) is 2.45.